The first kappa shape index (κ1) is 11.7. The summed E-state index contributed by atoms with van der Waals surface area (Å²) >= 11 is 0. The number of ketones is 1. The highest BCUT2D eigenvalue weighted by Gasteiger charge is 2.30. The van der Waals surface area contributed by atoms with Crippen molar-refractivity contribution in [2.24, 2.45) is 10.8 Å². The number of hydrogen-bond acceptors (Lipinski definition) is 1. The monoisotopic (exact) mass is 170 g/mol. The summed E-state index contributed by atoms with van der Waals surface area (Å²) in [6, 6.07) is 0. The molecular formula is C11H22O. The highest BCUT2D eigenvalue weighted by atomic mass is 16.1. The molecule has 0 N–H and O–H groups in total. The normalized spacial score (nSPS) is 13.2. The van der Waals surface area contributed by atoms with Crippen LogP contribution in [-0.2, 0) is 4.79 Å². The number of hydrogen-bond donors (Lipinski definition) is 0. The van der Waals surface area contributed by atoms with Crippen LogP contribution in [0.15, 0.2) is 0 Å². The van der Waals surface area contributed by atoms with Crippen LogP contribution in [0.4, 0.5) is 0 Å². The fourth-order valence-corrected chi connectivity index (χ4v) is 1.45. The molecule has 0 spiro atoms. The zero-order valence-corrected chi connectivity index (χ0v) is 9.32. The van der Waals surface area contributed by atoms with E-state index in [2.05, 4.69) is 20.8 Å². The highest BCUT2D eigenvalue weighted by Crippen LogP contribution is 2.36. The molecule has 0 fully saturated rings. The fourth-order valence-electron chi connectivity index (χ4n) is 1.45. The van der Waals surface area contributed by atoms with E-state index in [1.807, 2.05) is 13.8 Å². The molecule has 1 heteroatoms. The second-order valence-electron chi connectivity index (χ2n) is 5.13. The molecule has 12 heavy (non-hydrogen) atoms. The first-order valence-electron chi connectivity index (χ1n) is 4.72. The van der Waals surface area contributed by atoms with Crippen LogP contribution in [-0.4, -0.2) is 5.78 Å². The van der Waals surface area contributed by atoms with Gasteiger partial charge in [0.2, 0.25) is 0 Å². The summed E-state index contributed by atoms with van der Waals surface area (Å²) < 4.78 is 0. The molecule has 0 amide bonds. The summed E-state index contributed by atoms with van der Waals surface area (Å²) in [6.45, 7) is 12.4. The third kappa shape index (κ3) is 3.38. The van der Waals surface area contributed by atoms with Crippen molar-refractivity contribution in [2.75, 3.05) is 0 Å². The summed E-state index contributed by atoms with van der Waals surface area (Å²) in [5, 5.41) is 0. The van der Waals surface area contributed by atoms with Crippen molar-refractivity contribution in [1.29, 1.82) is 0 Å². The second kappa shape index (κ2) is 3.59. The molecule has 0 aliphatic carbocycles. The van der Waals surface area contributed by atoms with Gasteiger partial charge in [0.25, 0.3) is 0 Å². The Morgan fingerprint density at radius 1 is 1.17 bits per heavy atom. The van der Waals surface area contributed by atoms with Crippen LogP contribution in [0.1, 0.15) is 54.4 Å². The van der Waals surface area contributed by atoms with Crippen LogP contribution in [0.5, 0.6) is 0 Å². The predicted octanol–water partition coefficient (Wildman–Crippen LogP) is 3.43. The van der Waals surface area contributed by atoms with Gasteiger partial charge in [-0.15, -0.1) is 0 Å². The zero-order chi connectivity index (χ0) is 9.99. The minimum absolute atomic E-state index is 0.153. The molecule has 0 saturated heterocycles. The standard InChI is InChI=1S/C11H22O/c1-7-10(3,4)8-11(5,6)9(2)12/h7-8H2,1-6H3. The van der Waals surface area contributed by atoms with Crippen molar-refractivity contribution in [3.63, 3.8) is 0 Å². The summed E-state index contributed by atoms with van der Waals surface area (Å²) in [7, 11) is 0. The smallest absolute Gasteiger partial charge is 0.135 e. The maximum absolute atomic E-state index is 11.3. The molecule has 0 atom stereocenters. The van der Waals surface area contributed by atoms with Crippen molar-refractivity contribution in [3.8, 4) is 0 Å². The lowest BCUT2D eigenvalue weighted by atomic mass is 9.72. The van der Waals surface area contributed by atoms with Crippen molar-refractivity contribution < 1.29 is 4.79 Å². The Hall–Kier alpha value is -0.330. The van der Waals surface area contributed by atoms with Crippen LogP contribution in [0.25, 0.3) is 0 Å². The SMILES string of the molecule is CCC(C)(C)CC(C)(C)C(C)=O. The third-order valence-electron chi connectivity index (χ3n) is 2.83. The maximum Gasteiger partial charge on any atom is 0.135 e. The second-order valence-corrected chi connectivity index (χ2v) is 5.13. The van der Waals surface area contributed by atoms with Gasteiger partial charge in [0.05, 0.1) is 0 Å². The van der Waals surface area contributed by atoms with E-state index in [0.717, 1.165) is 12.8 Å². The van der Waals surface area contributed by atoms with Gasteiger partial charge in [-0.2, -0.15) is 0 Å². The Balaban J connectivity index is 4.34. The lowest BCUT2D eigenvalue weighted by Crippen LogP contribution is -2.28. The average Bonchev–Trinajstić information content (AvgIpc) is 1.85. The van der Waals surface area contributed by atoms with Gasteiger partial charge in [0.1, 0.15) is 5.78 Å². The number of carbonyl (C=O) groups excluding carboxylic acids is 1. The summed E-state index contributed by atoms with van der Waals surface area (Å²) in [5.74, 6) is 0.295. The molecule has 0 aromatic heterocycles. The number of carbonyl (C=O) groups is 1. The van der Waals surface area contributed by atoms with Crippen LogP contribution in [0.2, 0.25) is 0 Å². The average molecular weight is 170 g/mol. The maximum atomic E-state index is 11.3. The molecule has 0 radical (unpaired) electrons. The molecule has 0 aromatic carbocycles. The summed E-state index contributed by atoms with van der Waals surface area (Å²) in [6.07, 6.45) is 2.11. The van der Waals surface area contributed by atoms with Gasteiger partial charge in [-0.05, 0) is 18.8 Å². The van der Waals surface area contributed by atoms with Gasteiger partial charge >= 0.3 is 0 Å². The Bertz CT molecular complexity index is 166. The number of rotatable bonds is 4. The Labute approximate surface area is 76.6 Å². The van der Waals surface area contributed by atoms with E-state index >= 15 is 0 Å². The van der Waals surface area contributed by atoms with E-state index in [1.54, 1.807) is 6.92 Å². The van der Waals surface area contributed by atoms with Gasteiger partial charge < -0.3 is 0 Å². The van der Waals surface area contributed by atoms with Gasteiger partial charge in [0.15, 0.2) is 0 Å². The Morgan fingerprint density at radius 3 is 1.83 bits per heavy atom. The molecule has 0 heterocycles. The van der Waals surface area contributed by atoms with Gasteiger partial charge in [0, 0.05) is 5.41 Å². The first-order chi connectivity index (χ1) is 5.21. The van der Waals surface area contributed by atoms with E-state index in [1.165, 1.54) is 0 Å². The van der Waals surface area contributed by atoms with Crippen LogP contribution in [0, 0.1) is 10.8 Å². The third-order valence-corrected chi connectivity index (χ3v) is 2.83. The van der Waals surface area contributed by atoms with Gasteiger partial charge in [-0.25, -0.2) is 0 Å². The summed E-state index contributed by atoms with van der Waals surface area (Å²) in [4.78, 5) is 11.3. The molecule has 0 aromatic rings. The number of Topliss-reactive ketones (excluding diaryl/α,β-unsaturated/α-hetero) is 1. The van der Waals surface area contributed by atoms with E-state index in [4.69, 9.17) is 0 Å². The lowest BCUT2D eigenvalue weighted by Gasteiger charge is -2.32. The van der Waals surface area contributed by atoms with Crippen LogP contribution >= 0.6 is 0 Å². The first-order valence-corrected chi connectivity index (χ1v) is 4.72. The van der Waals surface area contributed by atoms with Crippen LogP contribution < -0.4 is 0 Å². The lowest BCUT2D eigenvalue weighted by molar-refractivity contribution is -0.126. The van der Waals surface area contributed by atoms with Crippen LogP contribution in [0.3, 0.4) is 0 Å². The molecule has 72 valence electrons. The van der Waals surface area contributed by atoms with Gasteiger partial charge in [-0.3, -0.25) is 4.79 Å². The van der Waals surface area contributed by atoms with Crippen molar-refractivity contribution in [1.82, 2.24) is 0 Å². The van der Waals surface area contributed by atoms with Crippen molar-refractivity contribution in [2.45, 2.75) is 54.4 Å². The quantitative estimate of drug-likeness (QED) is 0.631. The molecule has 1 nitrogen and oxygen atoms in total. The highest BCUT2D eigenvalue weighted by molar-refractivity contribution is 5.81. The molecule has 0 rings (SSSR count). The van der Waals surface area contributed by atoms with Crippen molar-refractivity contribution >= 4 is 5.78 Å². The molecule has 0 saturated carbocycles. The Kier molecular flexibility index (Phi) is 3.49. The molecular weight excluding hydrogens is 148 g/mol. The zero-order valence-electron chi connectivity index (χ0n) is 9.32. The minimum Gasteiger partial charge on any atom is -0.299 e. The fraction of sp³-hybridized carbons (Fsp3) is 0.909. The molecule has 0 aliphatic heterocycles. The summed E-state index contributed by atoms with van der Waals surface area (Å²) in [5.41, 5.74) is 0.134. The van der Waals surface area contributed by atoms with Gasteiger partial charge in [-0.1, -0.05) is 41.0 Å². The Morgan fingerprint density at radius 2 is 1.58 bits per heavy atom. The molecule has 0 unspecified atom stereocenters. The van der Waals surface area contributed by atoms with Crippen molar-refractivity contribution in [3.05, 3.63) is 0 Å². The molecule has 0 bridgehead atoms. The van der Waals surface area contributed by atoms with E-state index in [-0.39, 0.29) is 10.8 Å². The largest absolute Gasteiger partial charge is 0.299 e. The topological polar surface area (TPSA) is 17.1 Å². The van der Waals surface area contributed by atoms with E-state index < -0.39 is 0 Å². The predicted molar refractivity (Wildman–Crippen MR) is 53.2 cm³/mol. The molecule has 0 aliphatic rings. The van der Waals surface area contributed by atoms with E-state index in [0.29, 0.717) is 5.78 Å². The van der Waals surface area contributed by atoms with E-state index in [9.17, 15) is 4.79 Å². The minimum atomic E-state index is -0.153.